The molecule has 1 heterocycles. The third-order valence-corrected chi connectivity index (χ3v) is 11.7. The molecule has 0 unspecified atom stereocenters. The molecule has 4 fully saturated rings. The van der Waals surface area contributed by atoms with Crippen LogP contribution in [0.1, 0.15) is 78.6 Å². The van der Waals surface area contributed by atoms with Gasteiger partial charge in [0.1, 0.15) is 6.54 Å². The van der Waals surface area contributed by atoms with Crippen LogP contribution in [0.3, 0.4) is 0 Å². The number of Topliss-reactive ketones (excluding diaryl/α,β-unsaturated/α-hetero) is 1. The van der Waals surface area contributed by atoms with Crippen LogP contribution in [-0.4, -0.2) is 26.3 Å². The highest BCUT2D eigenvalue weighted by atomic mass is 35.5. The Kier molecular flexibility index (Phi) is 5.48. The summed E-state index contributed by atoms with van der Waals surface area (Å²) in [7, 11) is 0. The van der Waals surface area contributed by atoms with Gasteiger partial charge in [0.15, 0.2) is 11.6 Å². The number of ketones is 1. The molecule has 1 N–H and O–H groups in total. The highest BCUT2D eigenvalue weighted by molar-refractivity contribution is 6.31. The van der Waals surface area contributed by atoms with Gasteiger partial charge < -0.3 is 5.11 Å². The molecule has 0 spiro atoms. The minimum atomic E-state index is -0.504. The third-order valence-electron chi connectivity index (χ3n) is 11.4. The number of carbonyl (C=O) groups is 1. The summed E-state index contributed by atoms with van der Waals surface area (Å²) in [6, 6.07) is 3.30. The van der Waals surface area contributed by atoms with Crippen LogP contribution in [0.25, 0.3) is 10.9 Å². The lowest BCUT2D eigenvalue weighted by atomic mass is 9.44. The molecule has 190 valence electrons. The number of halogens is 2. The highest BCUT2D eigenvalue weighted by Gasteiger charge is 2.61. The molecule has 8 atom stereocenters. The molecule has 35 heavy (non-hydrogen) atoms. The van der Waals surface area contributed by atoms with E-state index >= 15 is 0 Å². The molecular weight excluding hydrogens is 463 g/mol. The Hall–Kier alpha value is -1.46. The normalized spacial score (nSPS) is 43.0. The van der Waals surface area contributed by atoms with Gasteiger partial charge in [0.2, 0.25) is 0 Å². The van der Waals surface area contributed by atoms with Crippen LogP contribution in [0, 0.1) is 46.2 Å². The van der Waals surface area contributed by atoms with E-state index in [0.717, 1.165) is 38.5 Å². The fourth-order valence-electron chi connectivity index (χ4n) is 9.44. The monoisotopic (exact) mass is 500 g/mol. The first-order valence-electron chi connectivity index (χ1n) is 13.6. The topological polar surface area (TPSA) is 55.1 Å². The Bertz CT molecular complexity index is 1180. The van der Waals surface area contributed by atoms with Gasteiger partial charge in [-0.05, 0) is 111 Å². The molecular formula is C29H38ClFN2O2. The van der Waals surface area contributed by atoms with Crippen molar-refractivity contribution in [2.75, 3.05) is 0 Å². The Morgan fingerprint density at radius 1 is 1.09 bits per heavy atom. The number of rotatable bonds is 3. The second-order valence-electron chi connectivity index (χ2n) is 13.1. The summed E-state index contributed by atoms with van der Waals surface area (Å²) in [6.45, 7) is 7.11. The number of nitrogens with zero attached hydrogens (tertiary/aromatic N) is 2. The first-order valence-corrected chi connectivity index (χ1v) is 14.0. The predicted molar refractivity (Wildman–Crippen MR) is 136 cm³/mol. The van der Waals surface area contributed by atoms with E-state index in [1.165, 1.54) is 31.5 Å². The molecule has 6 heteroatoms. The average molecular weight is 501 g/mol. The summed E-state index contributed by atoms with van der Waals surface area (Å²) >= 11 is 5.93. The van der Waals surface area contributed by atoms with Gasteiger partial charge in [0, 0.05) is 5.92 Å². The Morgan fingerprint density at radius 2 is 1.86 bits per heavy atom. The van der Waals surface area contributed by atoms with Gasteiger partial charge in [-0.1, -0.05) is 25.4 Å². The number of benzene rings is 1. The van der Waals surface area contributed by atoms with E-state index < -0.39 is 11.4 Å². The van der Waals surface area contributed by atoms with E-state index in [4.69, 9.17) is 11.6 Å². The van der Waals surface area contributed by atoms with Crippen LogP contribution < -0.4 is 0 Å². The number of hydrogen-bond acceptors (Lipinski definition) is 3. The first-order chi connectivity index (χ1) is 16.5. The second-order valence-corrected chi connectivity index (χ2v) is 13.5. The van der Waals surface area contributed by atoms with E-state index in [2.05, 4.69) is 18.9 Å². The van der Waals surface area contributed by atoms with Crippen molar-refractivity contribution in [3.8, 4) is 0 Å². The van der Waals surface area contributed by atoms with Gasteiger partial charge in [0.05, 0.1) is 27.7 Å². The number of carbonyl (C=O) groups excluding carboxylic acids is 1. The minimum Gasteiger partial charge on any atom is -0.390 e. The maximum absolute atomic E-state index is 14.4. The summed E-state index contributed by atoms with van der Waals surface area (Å²) in [5, 5.41) is 15.5. The van der Waals surface area contributed by atoms with Gasteiger partial charge in [-0.25, -0.2) is 4.39 Å². The van der Waals surface area contributed by atoms with Crippen molar-refractivity contribution >= 4 is 28.3 Å². The predicted octanol–water partition coefficient (Wildman–Crippen LogP) is 6.81. The summed E-state index contributed by atoms with van der Waals surface area (Å²) < 4.78 is 16.1. The van der Waals surface area contributed by atoms with Crippen LogP contribution >= 0.6 is 11.6 Å². The minimum absolute atomic E-state index is 0.0408. The molecule has 0 radical (unpaired) electrons. The van der Waals surface area contributed by atoms with Crippen molar-refractivity contribution in [3.05, 3.63) is 29.2 Å². The summed E-state index contributed by atoms with van der Waals surface area (Å²) in [5.41, 5.74) is 0.492. The van der Waals surface area contributed by atoms with E-state index in [0.29, 0.717) is 40.0 Å². The molecule has 1 aromatic heterocycles. The standard InChI is InChI=1S/C29H38ClFN2O2/c1-27(35)12-13-28(2)17(14-27)4-5-18-20-6-7-22(29(20,3)11-10-21(18)28)25(34)16-33-24-9-8-23(30)26(31)19(24)15-32-33/h8-9,15,17-18,20-22,35H,4-7,10-14,16H2,1-3H3/t17-,18+,20+,21+,22-,27-,28+,29+/m1/s1. The summed E-state index contributed by atoms with van der Waals surface area (Å²) in [4.78, 5) is 13.7. The summed E-state index contributed by atoms with van der Waals surface area (Å²) in [5.74, 6) is 2.44. The molecule has 4 aliphatic carbocycles. The van der Waals surface area contributed by atoms with Crippen molar-refractivity contribution in [3.63, 3.8) is 0 Å². The fourth-order valence-corrected chi connectivity index (χ4v) is 9.60. The van der Waals surface area contributed by atoms with Gasteiger partial charge in [-0.15, -0.1) is 0 Å². The molecule has 4 nitrogen and oxygen atoms in total. The van der Waals surface area contributed by atoms with Crippen LogP contribution in [0.4, 0.5) is 4.39 Å². The fraction of sp³-hybridized carbons (Fsp3) is 0.724. The molecule has 0 aliphatic heterocycles. The lowest BCUT2D eigenvalue weighted by Gasteiger charge is -2.61. The van der Waals surface area contributed by atoms with E-state index in [-0.39, 0.29) is 28.7 Å². The zero-order valence-corrected chi connectivity index (χ0v) is 22.0. The molecule has 0 amide bonds. The Morgan fingerprint density at radius 3 is 2.66 bits per heavy atom. The highest BCUT2D eigenvalue weighted by Crippen LogP contribution is 2.68. The van der Waals surface area contributed by atoms with Crippen LogP contribution in [0.15, 0.2) is 18.3 Å². The maximum Gasteiger partial charge on any atom is 0.157 e. The van der Waals surface area contributed by atoms with Crippen molar-refractivity contribution in [2.24, 2.45) is 40.4 Å². The lowest BCUT2D eigenvalue weighted by molar-refractivity contribution is -0.151. The zero-order chi connectivity index (χ0) is 24.8. The lowest BCUT2D eigenvalue weighted by Crippen LogP contribution is -2.55. The second kappa shape index (κ2) is 8.02. The first kappa shape index (κ1) is 23.9. The average Bonchev–Trinajstić information content (AvgIpc) is 3.37. The quantitative estimate of drug-likeness (QED) is 0.503. The number of fused-ring (bicyclic) bond motifs is 6. The van der Waals surface area contributed by atoms with Gasteiger partial charge in [-0.2, -0.15) is 5.10 Å². The largest absolute Gasteiger partial charge is 0.390 e. The smallest absolute Gasteiger partial charge is 0.157 e. The van der Waals surface area contributed by atoms with Gasteiger partial charge in [-0.3, -0.25) is 9.48 Å². The van der Waals surface area contributed by atoms with Crippen LogP contribution in [0.2, 0.25) is 5.02 Å². The number of aromatic nitrogens is 2. The SMILES string of the molecule is C[C@@]1(O)CC[C@@]2(C)[C@H](CC[C@@H]3[C@@H]2CC[C@]2(C)[C@@H](C(=O)Cn4ncc5c(F)c(Cl)ccc54)CC[C@@H]32)C1. The molecule has 2 aromatic rings. The number of aliphatic hydroxyl groups is 1. The molecule has 6 rings (SSSR count). The molecule has 1 aromatic carbocycles. The van der Waals surface area contributed by atoms with Crippen LogP contribution in [-0.2, 0) is 11.3 Å². The van der Waals surface area contributed by atoms with Crippen molar-refractivity contribution in [1.82, 2.24) is 9.78 Å². The van der Waals surface area contributed by atoms with Crippen molar-refractivity contribution in [2.45, 2.75) is 90.7 Å². The van der Waals surface area contributed by atoms with E-state index in [1.54, 1.807) is 10.7 Å². The maximum atomic E-state index is 14.4. The van der Waals surface area contributed by atoms with Crippen molar-refractivity contribution in [1.29, 1.82) is 0 Å². The third kappa shape index (κ3) is 3.54. The van der Waals surface area contributed by atoms with Gasteiger partial charge >= 0.3 is 0 Å². The van der Waals surface area contributed by atoms with E-state index in [1.807, 2.05) is 6.92 Å². The summed E-state index contributed by atoms with van der Waals surface area (Å²) in [6.07, 6.45) is 11.3. The Balaban J connectivity index is 1.22. The zero-order valence-electron chi connectivity index (χ0n) is 21.2. The molecule has 0 bridgehead atoms. The van der Waals surface area contributed by atoms with E-state index in [9.17, 15) is 14.3 Å². The molecule has 4 aliphatic rings. The molecule has 4 saturated carbocycles. The van der Waals surface area contributed by atoms with Gasteiger partial charge in [0.25, 0.3) is 0 Å². The molecule has 0 saturated heterocycles. The Labute approximate surface area is 212 Å². The van der Waals surface area contributed by atoms with Crippen LogP contribution in [0.5, 0.6) is 0 Å². The number of hydrogen-bond donors (Lipinski definition) is 1. The van der Waals surface area contributed by atoms with Crippen molar-refractivity contribution < 1.29 is 14.3 Å².